The van der Waals surface area contributed by atoms with E-state index in [0.717, 1.165) is 17.9 Å². The Kier molecular flexibility index (Phi) is 4.13. The summed E-state index contributed by atoms with van der Waals surface area (Å²) in [5.41, 5.74) is 3.53. The van der Waals surface area contributed by atoms with Gasteiger partial charge in [-0.05, 0) is 32.0 Å². The van der Waals surface area contributed by atoms with Crippen molar-refractivity contribution in [2.45, 2.75) is 26.0 Å². The average molecular weight is 251 g/mol. The van der Waals surface area contributed by atoms with Gasteiger partial charge in [0.25, 0.3) is 0 Å². The normalized spacial score (nSPS) is 23.6. The lowest BCUT2D eigenvalue weighted by molar-refractivity contribution is 0.0754. The number of hydrogen-bond acceptors (Lipinski definition) is 3. The fraction of sp³-hybridized carbons (Fsp3) is 0.571. The molecule has 3 heteroatoms. The van der Waals surface area contributed by atoms with E-state index in [1.807, 2.05) is 11.8 Å². The first-order chi connectivity index (χ1) is 8.09. The van der Waals surface area contributed by atoms with Crippen molar-refractivity contribution in [2.24, 2.45) is 0 Å². The lowest BCUT2D eigenvalue weighted by Gasteiger charge is -2.36. The molecule has 0 amide bonds. The first kappa shape index (κ1) is 12.9. The second kappa shape index (κ2) is 5.42. The van der Waals surface area contributed by atoms with Gasteiger partial charge < -0.3 is 5.11 Å². The summed E-state index contributed by atoms with van der Waals surface area (Å²) in [6.07, 6.45) is -0.367. The van der Waals surface area contributed by atoms with Crippen LogP contribution >= 0.6 is 11.8 Å². The third-order valence-electron chi connectivity index (χ3n) is 3.55. The number of aryl methyl sites for hydroxylation is 2. The highest BCUT2D eigenvalue weighted by Crippen LogP contribution is 2.28. The van der Waals surface area contributed by atoms with Crippen molar-refractivity contribution >= 4 is 11.8 Å². The van der Waals surface area contributed by atoms with Gasteiger partial charge in [-0.25, -0.2) is 0 Å². The van der Waals surface area contributed by atoms with Crippen molar-refractivity contribution in [3.63, 3.8) is 0 Å². The van der Waals surface area contributed by atoms with Crippen LogP contribution in [0.25, 0.3) is 0 Å². The Bertz CT molecular complexity index is 394. The number of rotatable bonds is 2. The minimum Gasteiger partial charge on any atom is -0.387 e. The predicted molar refractivity (Wildman–Crippen MR) is 74.6 cm³/mol. The zero-order valence-corrected chi connectivity index (χ0v) is 11.6. The Morgan fingerprint density at radius 1 is 1.41 bits per heavy atom. The Hall–Kier alpha value is -0.510. The van der Waals surface area contributed by atoms with E-state index in [1.54, 1.807) is 0 Å². The van der Waals surface area contributed by atoms with E-state index in [0.29, 0.717) is 0 Å². The van der Waals surface area contributed by atoms with E-state index < -0.39 is 0 Å². The quantitative estimate of drug-likeness (QED) is 0.873. The monoisotopic (exact) mass is 251 g/mol. The van der Waals surface area contributed by atoms with Crippen LogP contribution in [0.5, 0.6) is 0 Å². The van der Waals surface area contributed by atoms with E-state index >= 15 is 0 Å². The first-order valence-electron chi connectivity index (χ1n) is 6.13. The molecule has 1 aromatic rings. The van der Waals surface area contributed by atoms with Crippen LogP contribution in [0.15, 0.2) is 18.2 Å². The molecule has 94 valence electrons. The number of hydrogen-bond donors (Lipinski definition) is 1. The molecule has 2 rings (SSSR count). The molecule has 2 atom stereocenters. The lowest BCUT2D eigenvalue weighted by Crippen LogP contribution is -2.43. The van der Waals surface area contributed by atoms with E-state index in [9.17, 15) is 5.11 Å². The molecule has 2 unspecified atom stereocenters. The summed E-state index contributed by atoms with van der Waals surface area (Å²) in [4.78, 5) is 2.28. The number of aliphatic hydroxyl groups excluding tert-OH is 1. The van der Waals surface area contributed by atoms with Crippen molar-refractivity contribution in [3.05, 3.63) is 34.9 Å². The number of likely N-dealkylation sites (N-methyl/N-ethyl adjacent to an activating group) is 1. The number of aliphatic hydroxyl groups is 1. The van der Waals surface area contributed by atoms with Crippen molar-refractivity contribution in [1.29, 1.82) is 0 Å². The molecular formula is C14H21NOS. The summed E-state index contributed by atoms with van der Waals surface area (Å²) in [7, 11) is 2.11. The van der Waals surface area contributed by atoms with Crippen molar-refractivity contribution in [2.75, 3.05) is 25.1 Å². The van der Waals surface area contributed by atoms with E-state index in [-0.39, 0.29) is 12.1 Å². The minimum absolute atomic E-state index is 0.246. The molecule has 0 saturated carbocycles. The molecule has 2 nitrogen and oxygen atoms in total. The van der Waals surface area contributed by atoms with Crippen LogP contribution in [-0.2, 0) is 0 Å². The molecular weight excluding hydrogens is 230 g/mol. The summed E-state index contributed by atoms with van der Waals surface area (Å²) >= 11 is 1.94. The van der Waals surface area contributed by atoms with Crippen LogP contribution in [0.4, 0.5) is 0 Å². The largest absolute Gasteiger partial charge is 0.387 e. The third-order valence-corrected chi connectivity index (χ3v) is 4.60. The van der Waals surface area contributed by atoms with Gasteiger partial charge in [0.2, 0.25) is 0 Å². The fourth-order valence-electron chi connectivity index (χ4n) is 2.40. The molecule has 0 bridgehead atoms. The molecule has 0 radical (unpaired) electrons. The Morgan fingerprint density at radius 3 is 2.82 bits per heavy atom. The molecule has 1 heterocycles. The minimum atomic E-state index is -0.367. The molecule has 1 fully saturated rings. The zero-order valence-electron chi connectivity index (χ0n) is 10.8. The summed E-state index contributed by atoms with van der Waals surface area (Å²) in [5.74, 6) is 2.19. The fourth-order valence-corrected chi connectivity index (χ4v) is 3.66. The van der Waals surface area contributed by atoms with Crippen molar-refractivity contribution < 1.29 is 5.11 Å². The Balaban J connectivity index is 2.20. The molecule has 0 spiro atoms. The van der Waals surface area contributed by atoms with Crippen LogP contribution in [0.1, 0.15) is 22.8 Å². The lowest BCUT2D eigenvalue weighted by atomic mass is 9.96. The third kappa shape index (κ3) is 2.84. The Morgan fingerprint density at radius 2 is 2.18 bits per heavy atom. The predicted octanol–water partition coefficient (Wildman–Crippen LogP) is 2.38. The average Bonchev–Trinajstić information content (AvgIpc) is 2.29. The molecule has 0 aromatic heterocycles. The standard InChI is InChI=1S/C14H21NOS/c1-10-4-5-12(11(2)8-10)14(16)13-9-17-7-6-15(13)3/h4-5,8,13-14,16H,6-7,9H2,1-3H3. The van der Waals surface area contributed by atoms with Crippen LogP contribution in [0.3, 0.4) is 0 Å². The maximum atomic E-state index is 10.5. The molecule has 1 aliphatic rings. The number of benzene rings is 1. The van der Waals surface area contributed by atoms with Gasteiger partial charge in [0.15, 0.2) is 0 Å². The summed E-state index contributed by atoms with van der Waals surface area (Å²) in [6, 6.07) is 6.55. The Labute approximate surface area is 108 Å². The van der Waals surface area contributed by atoms with E-state index in [4.69, 9.17) is 0 Å². The molecule has 1 saturated heterocycles. The van der Waals surface area contributed by atoms with E-state index in [1.165, 1.54) is 16.9 Å². The molecule has 1 aromatic carbocycles. The van der Waals surface area contributed by atoms with Crippen molar-refractivity contribution in [1.82, 2.24) is 4.90 Å². The van der Waals surface area contributed by atoms with Gasteiger partial charge in [0.1, 0.15) is 0 Å². The zero-order chi connectivity index (χ0) is 12.4. The van der Waals surface area contributed by atoms with Crippen LogP contribution in [0, 0.1) is 13.8 Å². The van der Waals surface area contributed by atoms with Gasteiger partial charge in [-0.3, -0.25) is 4.90 Å². The van der Waals surface area contributed by atoms with Gasteiger partial charge >= 0.3 is 0 Å². The second-order valence-electron chi connectivity index (χ2n) is 4.93. The highest BCUT2D eigenvalue weighted by molar-refractivity contribution is 7.99. The van der Waals surface area contributed by atoms with Crippen LogP contribution in [0.2, 0.25) is 0 Å². The highest BCUT2D eigenvalue weighted by Gasteiger charge is 2.28. The summed E-state index contributed by atoms with van der Waals surface area (Å²) < 4.78 is 0. The van der Waals surface area contributed by atoms with Gasteiger partial charge in [0.05, 0.1) is 6.10 Å². The molecule has 17 heavy (non-hydrogen) atoms. The maximum absolute atomic E-state index is 10.5. The maximum Gasteiger partial charge on any atom is 0.0955 e. The van der Waals surface area contributed by atoms with Crippen LogP contribution < -0.4 is 0 Å². The SMILES string of the molecule is Cc1ccc(C(O)C2CSCCN2C)c(C)c1. The van der Waals surface area contributed by atoms with Crippen molar-refractivity contribution in [3.8, 4) is 0 Å². The van der Waals surface area contributed by atoms with E-state index in [2.05, 4.69) is 44.0 Å². The molecule has 1 aliphatic heterocycles. The van der Waals surface area contributed by atoms with Gasteiger partial charge in [-0.1, -0.05) is 23.8 Å². The first-order valence-corrected chi connectivity index (χ1v) is 7.28. The topological polar surface area (TPSA) is 23.5 Å². The van der Waals surface area contributed by atoms with Gasteiger partial charge in [-0.2, -0.15) is 11.8 Å². The number of thioether (sulfide) groups is 1. The second-order valence-corrected chi connectivity index (χ2v) is 6.08. The van der Waals surface area contributed by atoms with Gasteiger partial charge in [-0.15, -0.1) is 0 Å². The summed E-state index contributed by atoms with van der Waals surface area (Å²) in [6.45, 7) is 5.24. The van der Waals surface area contributed by atoms with Gasteiger partial charge in [0, 0.05) is 24.1 Å². The van der Waals surface area contributed by atoms with Crippen LogP contribution in [-0.4, -0.2) is 41.1 Å². The smallest absolute Gasteiger partial charge is 0.0955 e. The number of nitrogens with zero attached hydrogens (tertiary/aromatic N) is 1. The molecule has 1 N–H and O–H groups in total. The highest BCUT2D eigenvalue weighted by atomic mass is 32.2. The molecule has 0 aliphatic carbocycles. The summed E-state index contributed by atoms with van der Waals surface area (Å²) in [5, 5.41) is 10.5.